The van der Waals surface area contributed by atoms with Gasteiger partial charge < -0.3 is 0 Å². The molecular formula is CoO2RuTi. The van der Waals surface area contributed by atoms with E-state index >= 15 is 0 Å². The molecule has 0 aromatic heterocycles. The molecule has 0 atom stereocenters. The molecular weight excluding hydrogens is 240 g/mol. The van der Waals surface area contributed by atoms with Crippen molar-refractivity contribution >= 4 is 0 Å². The third kappa shape index (κ3) is 31.0. The Labute approximate surface area is 62.7 Å². The van der Waals surface area contributed by atoms with Gasteiger partial charge in [-0.3, -0.25) is 0 Å². The summed E-state index contributed by atoms with van der Waals surface area (Å²) in [4.78, 5) is 0. The molecule has 33 valence electrons. The topological polar surface area (TPSA) is 34.1 Å². The molecule has 0 bridgehead atoms. The van der Waals surface area contributed by atoms with Crippen LogP contribution in [0.1, 0.15) is 0 Å². The normalized spacial score (nSPS) is 2.00. The molecule has 5 heavy (non-hydrogen) atoms. The minimum absolute atomic E-state index is 0. The van der Waals surface area contributed by atoms with E-state index in [-0.39, 0.29) is 21.7 Å². The van der Waals surface area contributed by atoms with Gasteiger partial charge in [-0.05, 0) is 0 Å². The quantitative estimate of drug-likeness (QED) is 0.547. The van der Waals surface area contributed by atoms with Gasteiger partial charge in [0.2, 0.25) is 0 Å². The van der Waals surface area contributed by atoms with Crippen molar-refractivity contribution in [1.29, 1.82) is 0 Å². The van der Waals surface area contributed by atoms with E-state index in [1.54, 1.807) is 0 Å². The maximum atomic E-state index is 8.18. The Morgan fingerprint density at radius 2 is 1.20 bits per heavy atom. The molecule has 0 saturated carbocycles. The van der Waals surface area contributed by atoms with Crippen LogP contribution in [-0.4, -0.2) is 0 Å². The fourth-order valence-corrected chi connectivity index (χ4v) is 0. The van der Waals surface area contributed by atoms with E-state index in [1.807, 2.05) is 0 Å². The Bertz CT molecular complexity index is 11.6. The van der Waals surface area contributed by atoms with E-state index < -0.39 is 0 Å². The second-order valence-corrected chi connectivity index (χ2v) is 0. The zero-order valence-corrected chi connectivity index (χ0v) is 6.34. The van der Waals surface area contributed by atoms with Gasteiger partial charge in [0, 0.05) is 21.7 Å². The molecule has 5 heteroatoms. The number of hydrogen-bond acceptors (Lipinski definition) is 2. The predicted octanol–water partition coefficient (Wildman–Crippen LogP) is -0.245. The Hall–Kier alpha value is 1.44. The zero-order chi connectivity index (χ0) is 4.00. The van der Waals surface area contributed by atoms with Crippen molar-refractivity contribution in [1.82, 2.24) is 0 Å². The van der Waals surface area contributed by atoms with E-state index in [2.05, 4.69) is 15.7 Å². The molecule has 2 nitrogen and oxygen atoms in total. The Morgan fingerprint density at radius 3 is 1.20 bits per heavy atom. The van der Waals surface area contributed by atoms with Crippen LogP contribution >= 0.6 is 0 Å². The number of hydrogen-bond donors (Lipinski definition) is 0. The van der Waals surface area contributed by atoms with Crippen molar-refractivity contribution < 1.29 is 63.1 Å². The van der Waals surface area contributed by atoms with Gasteiger partial charge in [-0.1, -0.05) is 0 Å². The molecule has 0 aromatic carbocycles. The van der Waals surface area contributed by atoms with Gasteiger partial charge in [0.05, 0.1) is 0 Å². The molecule has 0 unspecified atom stereocenters. The first-order valence-electron chi connectivity index (χ1n) is 0.280. The molecule has 0 spiro atoms. The van der Waals surface area contributed by atoms with Crippen LogP contribution in [0.5, 0.6) is 0 Å². The van der Waals surface area contributed by atoms with E-state index in [4.69, 9.17) is 7.44 Å². The van der Waals surface area contributed by atoms with Crippen molar-refractivity contribution in [2.75, 3.05) is 0 Å². The molecule has 0 aliphatic heterocycles. The summed E-state index contributed by atoms with van der Waals surface area (Å²) in [5.74, 6) is 0. The summed E-state index contributed by atoms with van der Waals surface area (Å²) in [5.41, 5.74) is 0. The zero-order valence-electron chi connectivity index (χ0n) is 2.00. The van der Waals surface area contributed by atoms with Gasteiger partial charge in [-0.25, -0.2) is 0 Å². The van der Waals surface area contributed by atoms with E-state index in [0.29, 0.717) is 0 Å². The Morgan fingerprint density at radius 1 is 1.20 bits per heavy atom. The third-order valence-electron chi connectivity index (χ3n) is 0. The summed E-state index contributed by atoms with van der Waals surface area (Å²) >= 11 is 3.41. The van der Waals surface area contributed by atoms with Gasteiger partial charge in [0.15, 0.2) is 0 Å². The fourth-order valence-electron chi connectivity index (χ4n) is 0. The van der Waals surface area contributed by atoms with Gasteiger partial charge in [-0.15, -0.1) is 0 Å². The molecule has 0 radical (unpaired) electrons. The molecule has 0 aromatic rings. The summed E-state index contributed by atoms with van der Waals surface area (Å²) in [6.45, 7) is 0. The SMILES string of the molecule is [O]=[Co].[O]=[Ru].[Ti]. The van der Waals surface area contributed by atoms with E-state index in [0.717, 1.165) is 18.3 Å². The fraction of sp³-hybridized carbons (Fsp3) is 0. The molecule has 0 heterocycles. The largest absolute Gasteiger partial charge is 0 e. The monoisotopic (exact) mass is 241 g/mol. The average Bonchev–Trinajstić information content (AvgIpc) is 1.50. The van der Waals surface area contributed by atoms with E-state index in [9.17, 15) is 0 Å². The summed E-state index contributed by atoms with van der Waals surface area (Å²) in [7, 11) is 0. The Balaban J connectivity index is -0.0000000133. The van der Waals surface area contributed by atoms with Crippen molar-refractivity contribution in [2.45, 2.75) is 0 Å². The van der Waals surface area contributed by atoms with Crippen LogP contribution in [0.15, 0.2) is 0 Å². The summed E-state index contributed by atoms with van der Waals surface area (Å²) in [6.07, 6.45) is 0. The van der Waals surface area contributed by atoms with Crippen LogP contribution in [0, 0.1) is 0 Å². The summed E-state index contributed by atoms with van der Waals surface area (Å²) < 4.78 is 16.1. The van der Waals surface area contributed by atoms with Gasteiger partial charge in [-0.2, -0.15) is 0 Å². The van der Waals surface area contributed by atoms with Crippen molar-refractivity contribution in [3.8, 4) is 0 Å². The van der Waals surface area contributed by atoms with Crippen LogP contribution in [0.3, 0.4) is 0 Å². The number of rotatable bonds is 0. The summed E-state index contributed by atoms with van der Waals surface area (Å²) in [6, 6.07) is 0. The second-order valence-electron chi connectivity index (χ2n) is 0. The minimum Gasteiger partial charge on any atom is 0 e. The van der Waals surface area contributed by atoms with Gasteiger partial charge in [0.25, 0.3) is 0 Å². The second kappa shape index (κ2) is 51.6. The van der Waals surface area contributed by atoms with E-state index in [1.165, 1.54) is 0 Å². The molecule has 0 N–H and O–H groups in total. The third-order valence-corrected chi connectivity index (χ3v) is 0. The maximum Gasteiger partial charge on any atom is 0 e. The van der Waals surface area contributed by atoms with Crippen LogP contribution in [-0.2, 0) is 63.1 Å². The first kappa shape index (κ1) is 16.1. The van der Waals surface area contributed by atoms with Crippen molar-refractivity contribution in [3.63, 3.8) is 0 Å². The molecule has 0 saturated heterocycles. The van der Waals surface area contributed by atoms with Crippen molar-refractivity contribution in [3.05, 3.63) is 0 Å². The molecule has 0 amide bonds. The first-order chi connectivity index (χ1) is 2.00. The van der Waals surface area contributed by atoms with Crippen LogP contribution in [0.2, 0.25) is 0 Å². The van der Waals surface area contributed by atoms with Gasteiger partial charge in [0.1, 0.15) is 0 Å². The first-order valence-corrected chi connectivity index (χ1v) is 1.41. The Kier molecular flexibility index (Phi) is 166. The van der Waals surface area contributed by atoms with Gasteiger partial charge >= 0.3 is 41.4 Å². The van der Waals surface area contributed by atoms with Crippen LogP contribution < -0.4 is 0 Å². The molecule has 0 aliphatic rings. The predicted molar refractivity (Wildman–Crippen MR) is 1.37 cm³/mol. The minimum atomic E-state index is 0. The smallest absolute Gasteiger partial charge is 0 e. The molecule has 0 fully saturated rings. The maximum absolute atomic E-state index is 8.18. The molecule has 0 aliphatic carbocycles. The van der Waals surface area contributed by atoms with Crippen molar-refractivity contribution in [2.24, 2.45) is 0 Å². The average molecular weight is 240 g/mol. The summed E-state index contributed by atoms with van der Waals surface area (Å²) in [5, 5.41) is 0. The standard InChI is InChI=1S/Co.2O.Ru.Ti. The van der Waals surface area contributed by atoms with Crippen LogP contribution in [0.4, 0.5) is 0 Å². The van der Waals surface area contributed by atoms with Crippen LogP contribution in [0.25, 0.3) is 0 Å². The molecule has 0 rings (SSSR count).